The van der Waals surface area contributed by atoms with Gasteiger partial charge in [-0.1, -0.05) is 0 Å². The molecule has 0 spiro atoms. The minimum atomic E-state index is -5.16. The number of pyridine rings is 1. The van der Waals surface area contributed by atoms with E-state index in [4.69, 9.17) is 4.74 Å². The molecular weight excluding hydrogens is 310 g/mol. The SMILES string of the molecule is CCOC(=O)c1cnn2ccc(NC(=O)C(F)(F)F)c(F)c12. The number of amides is 1. The number of nitrogens with one attached hydrogen (secondary N) is 1. The Hall–Kier alpha value is -2.65. The van der Waals surface area contributed by atoms with E-state index >= 15 is 0 Å². The van der Waals surface area contributed by atoms with Gasteiger partial charge < -0.3 is 10.1 Å². The quantitative estimate of drug-likeness (QED) is 0.695. The first kappa shape index (κ1) is 15.7. The zero-order chi connectivity index (χ0) is 16.5. The Morgan fingerprint density at radius 3 is 2.68 bits per heavy atom. The molecule has 0 atom stereocenters. The molecule has 0 fully saturated rings. The maximum atomic E-state index is 14.3. The van der Waals surface area contributed by atoms with Crippen LogP contribution in [0.15, 0.2) is 18.5 Å². The second-order valence-corrected chi connectivity index (χ2v) is 4.07. The number of esters is 1. The number of halogens is 4. The molecule has 0 aliphatic carbocycles. The Balaban J connectivity index is 2.47. The summed E-state index contributed by atoms with van der Waals surface area (Å²) in [6, 6.07) is 0.897. The number of hydrogen-bond donors (Lipinski definition) is 1. The molecule has 0 saturated carbocycles. The van der Waals surface area contributed by atoms with Crippen LogP contribution >= 0.6 is 0 Å². The number of hydrogen-bond acceptors (Lipinski definition) is 4. The first-order chi connectivity index (χ1) is 10.3. The van der Waals surface area contributed by atoms with Crippen molar-refractivity contribution < 1.29 is 31.9 Å². The normalized spacial score (nSPS) is 11.5. The molecule has 0 saturated heterocycles. The monoisotopic (exact) mass is 319 g/mol. The third-order valence-electron chi connectivity index (χ3n) is 2.62. The van der Waals surface area contributed by atoms with Crippen molar-refractivity contribution in [3.8, 4) is 0 Å². The van der Waals surface area contributed by atoms with Crippen LogP contribution in [0.3, 0.4) is 0 Å². The molecule has 2 aromatic heterocycles. The van der Waals surface area contributed by atoms with Gasteiger partial charge in [0, 0.05) is 6.20 Å². The van der Waals surface area contributed by atoms with Gasteiger partial charge in [-0.15, -0.1) is 0 Å². The third kappa shape index (κ3) is 2.85. The summed E-state index contributed by atoms with van der Waals surface area (Å²) < 4.78 is 56.5. The molecule has 2 aromatic rings. The third-order valence-corrected chi connectivity index (χ3v) is 2.62. The van der Waals surface area contributed by atoms with E-state index in [0.29, 0.717) is 0 Å². The first-order valence-electron chi connectivity index (χ1n) is 5.96. The van der Waals surface area contributed by atoms with Crippen LogP contribution in [0, 0.1) is 5.82 Å². The van der Waals surface area contributed by atoms with E-state index in [0.717, 1.165) is 23.0 Å². The summed E-state index contributed by atoms with van der Waals surface area (Å²) in [5, 5.41) is 5.09. The summed E-state index contributed by atoms with van der Waals surface area (Å²) in [7, 11) is 0. The van der Waals surface area contributed by atoms with E-state index in [2.05, 4.69) is 5.10 Å². The minimum absolute atomic E-state index is 0.0301. The highest BCUT2D eigenvalue weighted by Crippen LogP contribution is 2.25. The average Bonchev–Trinajstić information content (AvgIpc) is 2.85. The van der Waals surface area contributed by atoms with Gasteiger partial charge in [0.25, 0.3) is 0 Å². The lowest BCUT2D eigenvalue weighted by Gasteiger charge is -2.10. The molecule has 1 amide bonds. The van der Waals surface area contributed by atoms with Gasteiger partial charge in [-0.05, 0) is 13.0 Å². The highest BCUT2D eigenvalue weighted by atomic mass is 19.4. The summed E-state index contributed by atoms with van der Waals surface area (Å²) in [5.74, 6) is -4.43. The predicted molar refractivity (Wildman–Crippen MR) is 65.8 cm³/mol. The molecule has 118 valence electrons. The number of nitrogens with zero attached hydrogens (tertiary/aromatic N) is 2. The van der Waals surface area contributed by atoms with Gasteiger partial charge in [0.15, 0.2) is 5.82 Å². The Morgan fingerprint density at radius 1 is 1.41 bits per heavy atom. The lowest BCUT2D eigenvalue weighted by Crippen LogP contribution is -2.30. The van der Waals surface area contributed by atoms with E-state index in [1.165, 1.54) is 12.2 Å². The van der Waals surface area contributed by atoms with Crippen molar-refractivity contribution in [1.82, 2.24) is 9.61 Å². The van der Waals surface area contributed by atoms with Crippen molar-refractivity contribution in [3.63, 3.8) is 0 Å². The average molecular weight is 319 g/mol. The number of carbonyl (C=O) groups excluding carboxylic acids is 2. The molecule has 2 heterocycles. The van der Waals surface area contributed by atoms with Crippen molar-refractivity contribution in [1.29, 1.82) is 0 Å². The van der Waals surface area contributed by atoms with Gasteiger partial charge in [-0.25, -0.2) is 13.7 Å². The maximum Gasteiger partial charge on any atom is 0.471 e. The van der Waals surface area contributed by atoms with Gasteiger partial charge in [0.2, 0.25) is 0 Å². The maximum absolute atomic E-state index is 14.3. The van der Waals surface area contributed by atoms with Crippen LogP contribution in [-0.4, -0.2) is 34.3 Å². The molecule has 0 radical (unpaired) electrons. The molecule has 1 N–H and O–H groups in total. The van der Waals surface area contributed by atoms with Gasteiger partial charge >= 0.3 is 18.1 Å². The molecular formula is C12H9F4N3O3. The zero-order valence-electron chi connectivity index (χ0n) is 11.1. The Labute approximate surface area is 120 Å². The second kappa shape index (κ2) is 5.62. The van der Waals surface area contributed by atoms with E-state index < -0.39 is 35.1 Å². The smallest absolute Gasteiger partial charge is 0.462 e. The van der Waals surface area contributed by atoms with Crippen LogP contribution in [0.5, 0.6) is 0 Å². The standard InChI is InChI=1S/C12H9F4N3O3/c1-2-22-10(20)6-5-17-19-4-3-7(8(13)9(6)19)18-11(21)12(14,15)16/h3-5H,2H2,1H3,(H,18,21). The summed E-state index contributed by atoms with van der Waals surface area (Å²) >= 11 is 0. The fraction of sp³-hybridized carbons (Fsp3) is 0.250. The fourth-order valence-corrected chi connectivity index (χ4v) is 1.69. The van der Waals surface area contributed by atoms with Gasteiger partial charge in [-0.2, -0.15) is 18.3 Å². The topological polar surface area (TPSA) is 72.7 Å². The number of carbonyl (C=O) groups is 2. The summed E-state index contributed by atoms with van der Waals surface area (Å²) in [4.78, 5) is 22.5. The van der Waals surface area contributed by atoms with Crippen molar-refractivity contribution in [2.45, 2.75) is 13.1 Å². The second-order valence-electron chi connectivity index (χ2n) is 4.07. The molecule has 10 heteroatoms. The van der Waals surface area contributed by atoms with E-state index in [1.54, 1.807) is 0 Å². The number of anilines is 1. The molecule has 2 rings (SSSR count). The van der Waals surface area contributed by atoms with Crippen LogP contribution in [0.2, 0.25) is 0 Å². The number of ether oxygens (including phenoxy) is 1. The van der Waals surface area contributed by atoms with Crippen LogP contribution in [0.25, 0.3) is 5.52 Å². The van der Waals surface area contributed by atoms with E-state index in [-0.39, 0.29) is 12.2 Å². The zero-order valence-corrected chi connectivity index (χ0v) is 11.1. The Morgan fingerprint density at radius 2 is 2.09 bits per heavy atom. The summed E-state index contributed by atoms with van der Waals surface area (Å²) in [6.07, 6.45) is -3.04. The fourth-order valence-electron chi connectivity index (χ4n) is 1.69. The van der Waals surface area contributed by atoms with E-state index in [1.807, 2.05) is 0 Å². The van der Waals surface area contributed by atoms with Crippen LogP contribution in [-0.2, 0) is 9.53 Å². The van der Waals surface area contributed by atoms with Crippen molar-refractivity contribution >= 4 is 23.1 Å². The Kier molecular flexibility index (Phi) is 4.02. The van der Waals surface area contributed by atoms with Gasteiger partial charge in [0.05, 0.1) is 18.5 Å². The number of fused-ring (bicyclic) bond motifs is 1. The highest BCUT2D eigenvalue weighted by molar-refractivity contribution is 5.99. The lowest BCUT2D eigenvalue weighted by molar-refractivity contribution is -0.167. The first-order valence-corrected chi connectivity index (χ1v) is 5.96. The lowest BCUT2D eigenvalue weighted by atomic mass is 10.2. The predicted octanol–water partition coefficient (Wildman–Crippen LogP) is 2.15. The minimum Gasteiger partial charge on any atom is -0.462 e. The molecule has 0 aromatic carbocycles. The van der Waals surface area contributed by atoms with Crippen molar-refractivity contribution in [2.75, 3.05) is 11.9 Å². The van der Waals surface area contributed by atoms with Crippen molar-refractivity contribution in [2.24, 2.45) is 0 Å². The molecule has 0 aliphatic heterocycles. The number of aromatic nitrogens is 2. The Bertz CT molecular complexity index is 739. The number of alkyl halides is 3. The largest absolute Gasteiger partial charge is 0.471 e. The number of rotatable bonds is 3. The molecule has 0 unspecified atom stereocenters. The van der Waals surface area contributed by atoms with Crippen molar-refractivity contribution in [3.05, 3.63) is 29.8 Å². The van der Waals surface area contributed by atoms with Crippen LogP contribution in [0.1, 0.15) is 17.3 Å². The van der Waals surface area contributed by atoms with Gasteiger partial charge in [0.1, 0.15) is 11.1 Å². The van der Waals surface area contributed by atoms with Crippen LogP contribution in [0.4, 0.5) is 23.2 Å². The molecule has 6 nitrogen and oxygen atoms in total. The molecule has 22 heavy (non-hydrogen) atoms. The highest BCUT2D eigenvalue weighted by Gasteiger charge is 2.39. The molecule has 0 bridgehead atoms. The summed E-state index contributed by atoms with van der Waals surface area (Å²) in [6.45, 7) is 1.57. The van der Waals surface area contributed by atoms with E-state index in [9.17, 15) is 27.2 Å². The van der Waals surface area contributed by atoms with Gasteiger partial charge in [-0.3, -0.25) is 4.79 Å². The summed E-state index contributed by atoms with van der Waals surface area (Å²) in [5.41, 5.74) is -1.37. The van der Waals surface area contributed by atoms with Crippen LogP contribution < -0.4 is 5.32 Å². The molecule has 0 aliphatic rings.